The first kappa shape index (κ1) is 16.6. The third-order valence-corrected chi connectivity index (χ3v) is 3.24. The Labute approximate surface area is 132 Å². The molecule has 0 fully saturated rings. The van der Waals surface area contributed by atoms with Gasteiger partial charge in [0.05, 0.1) is 12.7 Å². The Bertz CT molecular complexity index is 718. The summed E-state index contributed by atoms with van der Waals surface area (Å²) in [5.41, 5.74) is 0.329. The molecule has 0 radical (unpaired) electrons. The van der Waals surface area contributed by atoms with Crippen molar-refractivity contribution in [2.24, 2.45) is 0 Å². The standard InChI is InChI=1S/C17H15F2NO3/c1-23-17(22)15(10-11-5-4-6-12(18)9-11)20-16(21)13-7-2-3-8-14(13)19/h2-9,15H,10H2,1H3,(H,20,21)/t15-/m1/s1. The Kier molecular flexibility index (Phi) is 5.41. The summed E-state index contributed by atoms with van der Waals surface area (Å²) < 4.78 is 31.5. The van der Waals surface area contributed by atoms with Crippen LogP contribution in [0.4, 0.5) is 8.78 Å². The average molecular weight is 319 g/mol. The normalized spacial score (nSPS) is 11.6. The second-order valence-electron chi connectivity index (χ2n) is 4.86. The molecule has 0 aromatic heterocycles. The highest BCUT2D eigenvalue weighted by atomic mass is 19.1. The van der Waals surface area contributed by atoms with E-state index < -0.39 is 29.6 Å². The zero-order valence-corrected chi connectivity index (χ0v) is 12.4. The van der Waals surface area contributed by atoms with E-state index in [9.17, 15) is 18.4 Å². The molecule has 0 spiro atoms. The Morgan fingerprint density at radius 3 is 2.52 bits per heavy atom. The summed E-state index contributed by atoms with van der Waals surface area (Å²) in [5, 5.41) is 2.42. The Balaban J connectivity index is 2.17. The lowest BCUT2D eigenvalue weighted by atomic mass is 10.1. The van der Waals surface area contributed by atoms with Gasteiger partial charge in [-0.2, -0.15) is 0 Å². The van der Waals surface area contributed by atoms with Crippen LogP contribution in [-0.4, -0.2) is 25.0 Å². The molecular weight excluding hydrogens is 304 g/mol. The predicted octanol–water partition coefficient (Wildman–Crippen LogP) is 2.48. The number of halogens is 2. The van der Waals surface area contributed by atoms with Gasteiger partial charge in [-0.1, -0.05) is 24.3 Å². The molecule has 0 saturated carbocycles. The van der Waals surface area contributed by atoms with E-state index in [-0.39, 0.29) is 12.0 Å². The van der Waals surface area contributed by atoms with Gasteiger partial charge >= 0.3 is 5.97 Å². The number of hydrogen-bond donors (Lipinski definition) is 1. The monoisotopic (exact) mass is 319 g/mol. The van der Waals surface area contributed by atoms with Crippen molar-refractivity contribution in [2.45, 2.75) is 12.5 Å². The maximum atomic E-state index is 13.6. The lowest BCUT2D eigenvalue weighted by Crippen LogP contribution is -2.43. The van der Waals surface area contributed by atoms with Crippen molar-refractivity contribution in [2.75, 3.05) is 7.11 Å². The number of carbonyl (C=O) groups excluding carboxylic acids is 2. The van der Waals surface area contributed by atoms with Crippen LogP contribution in [0.25, 0.3) is 0 Å². The minimum absolute atomic E-state index is 0.0324. The van der Waals surface area contributed by atoms with Crippen LogP contribution >= 0.6 is 0 Å². The van der Waals surface area contributed by atoms with Gasteiger partial charge in [0.15, 0.2) is 0 Å². The number of esters is 1. The molecule has 0 unspecified atom stereocenters. The Hall–Kier alpha value is -2.76. The smallest absolute Gasteiger partial charge is 0.328 e. The highest BCUT2D eigenvalue weighted by molar-refractivity contribution is 5.97. The van der Waals surface area contributed by atoms with Crippen molar-refractivity contribution >= 4 is 11.9 Å². The molecule has 0 heterocycles. The van der Waals surface area contributed by atoms with E-state index in [4.69, 9.17) is 0 Å². The summed E-state index contributed by atoms with van der Waals surface area (Å²) in [6.07, 6.45) is 0.0324. The van der Waals surface area contributed by atoms with E-state index in [0.717, 1.165) is 6.07 Å². The predicted molar refractivity (Wildman–Crippen MR) is 79.8 cm³/mol. The Morgan fingerprint density at radius 1 is 1.13 bits per heavy atom. The molecule has 23 heavy (non-hydrogen) atoms. The maximum Gasteiger partial charge on any atom is 0.328 e. The zero-order chi connectivity index (χ0) is 16.8. The van der Waals surface area contributed by atoms with E-state index in [1.807, 2.05) is 0 Å². The van der Waals surface area contributed by atoms with E-state index in [0.29, 0.717) is 5.56 Å². The molecule has 1 N–H and O–H groups in total. The number of benzene rings is 2. The molecule has 4 nitrogen and oxygen atoms in total. The molecule has 2 aromatic carbocycles. The molecule has 0 aliphatic carbocycles. The number of methoxy groups -OCH3 is 1. The van der Waals surface area contributed by atoms with Gasteiger partial charge in [0.25, 0.3) is 5.91 Å². The SMILES string of the molecule is COC(=O)[C@@H](Cc1cccc(F)c1)NC(=O)c1ccccc1F. The molecule has 0 aliphatic heterocycles. The van der Waals surface area contributed by atoms with Crippen molar-refractivity contribution in [1.29, 1.82) is 0 Å². The van der Waals surface area contributed by atoms with Crippen molar-refractivity contribution in [3.63, 3.8) is 0 Å². The van der Waals surface area contributed by atoms with Crippen molar-refractivity contribution < 1.29 is 23.1 Å². The van der Waals surface area contributed by atoms with E-state index in [1.165, 1.54) is 43.5 Å². The molecule has 0 aliphatic rings. The number of nitrogens with one attached hydrogen (secondary N) is 1. The average Bonchev–Trinajstić information content (AvgIpc) is 2.54. The second kappa shape index (κ2) is 7.49. The lowest BCUT2D eigenvalue weighted by Gasteiger charge is -2.17. The highest BCUT2D eigenvalue weighted by Gasteiger charge is 2.23. The quantitative estimate of drug-likeness (QED) is 0.862. The van der Waals surface area contributed by atoms with Crippen LogP contribution in [0.15, 0.2) is 48.5 Å². The van der Waals surface area contributed by atoms with E-state index in [1.54, 1.807) is 6.07 Å². The molecule has 2 aromatic rings. The fraction of sp³-hybridized carbons (Fsp3) is 0.176. The van der Waals surface area contributed by atoms with E-state index in [2.05, 4.69) is 10.1 Å². The summed E-state index contributed by atoms with van der Waals surface area (Å²) in [4.78, 5) is 23.9. The van der Waals surface area contributed by atoms with Gasteiger partial charge < -0.3 is 10.1 Å². The first-order chi connectivity index (χ1) is 11.0. The number of amides is 1. The van der Waals surface area contributed by atoms with Gasteiger partial charge in [-0.05, 0) is 29.8 Å². The second-order valence-corrected chi connectivity index (χ2v) is 4.86. The van der Waals surface area contributed by atoms with Crippen LogP contribution in [0, 0.1) is 11.6 Å². The lowest BCUT2D eigenvalue weighted by molar-refractivity contribution is -0.142. The number of hydrogen-bond acceptors (Lipinski definition) is 3. The minimum atomic E-state index is -1.05. The van der Waals surface area contributed by atoms with Crippen LogP contribution in [0.1, 0.15) is 15.9 Å². The summed E-state index contributed by atoms with van der Waals surface area (Å²) in [7, 11) is 1.18. The number of carbonyl (C=O) groups is 2. The van der Waals surface area contributed by atoms with Gasteiger partial charge in [0.1, 0.15) is 17.7 Å². The zero-order valence-electron chi connectivity index (χ0n) is 12.4. The van der Waals surface area contributed by atoms with Crippen molar-refractivity contribution in [3.05, 3.63) is 71.3 Å². The van der Waals surface area contributed by atoms with Gasteiger partial charge in [0, 0.05) is 6.42 Å². The fourth-order valence-electron chi connectivity index (χ4n) is 2.12. The third kappa shape index (κ3) is 4.35. The van der Waals surface area contributed by atoms with Gasteiger partial charge in [-0.15, -0.1) is 0 Å². The van der Waals surface area contributed by atoms with Crippen LogP contribution in [0.2, 0.25) is 0 Å². The van der Waals surface area contributed by atoms with E-state index >= 15 is 0 Å². The molecule has 2 rings (SSSR count). The molecule has 120 valence electrons. The molecule has 0 saturated heterocycles. The molecule has 1 amide bonds. The van der Waals surface area contributed by atoms with Crippen molar-refractivity contribution in [3.8, 4) is 0 Å². The van der Waals surface area contributed by atoms with Crippen LogP contribution in [-0.2, 0) is 16.0 Å². The number of rotatable bonds is 5. The maximum absolute atomic E-state index is 13.6. The highest BCUT2D eigenvalue weighted by Crippen LogP contribution is 2.10. The van der Waals surface area contributed by atoms with Gasteiger partial charge in [-0.25, -0.2) is 13.6 Å². The summed E-state index contributed by atoms with van der Waals surface area (Å²) in [5.74, 6) is -2.58. The number of ether oxygens (including phenoxy) is 1. The van der Waals surface area contributed by atoms with Crippen LogP contribution in [0.5, 0.6) is 0 Å². The minimum Gasteiger partial charge on any atom is -0.467 e. The summed E-state index contributed by atoms with van der Waals surface area (Å²) in [6, 6.07) is 10.0. The topological polar surface area (TPSA) is 55.4 Å². The third-order valence-electron chi connectivity index (χ3n) is 3.24. The first-order valence-corrected chi connectivity index (χ1v) is 6.89. The fourth-order valence-corrected chi connectivity index (χ4v) is 2.12. The summed E-state index contributed by atoms with van der Waals surface area (Å²) in [6.45, 7) is 0. The molecule has 6 heteroatoms. The van der Waals surface area contributed by atoms with Crippen LogP contribution < -0.4 is 5.32 Å². The molecular formula is C17H15F2NO3. The van der Waals surface area contributed by atoms with Gasteiger partial charge in [0.2, 0.25) is 0 Å². The largest absolute Gasteiger partial charge is 0.467 e. The summed E-state index contributed by atoms with van der Waals surface area (Å²) >= 11 is 0. The Morgan fingerprint density at radius 2 is 1.87 bits per heavy atom. The van der Waals surface area contributed by atoms with Crippen molar-refractivity contribution in [1.82, 2.24) is 5.32 Å². The van der Waals surface area contributed by atoms with Gasteiger partial charge in [-0.3, -0.25) is 4.79 Å². The molecule has 0 bridgehead atoms. The molecule has 1 atom stereocenters. The first-order valence-electron chi connectivity index (χ1n) is 6.89. The van der Waals surface area contributed by atoms with Crippen LogP contribution in [0.3, 0.4) is 0 Å².